The highest BCUT2D eigenvalue weighted by Crippen LogP contribution is 2.21. The minimum atomic E-state index is -0.417. The number of amides is 3. The zero-order valence-corrected chi connectivity index (χ0v) is 16.6. The summed E-state index contributed by atoms with van der Waals surface area (Å²) < 4.78 is 0. The van der Waals surface area contributed by atoms with Crippen LogP contribution < -0.4 is 16.0 Å². The summed E-state index contributed by atoms with van der Waals surface area (Å²) in [6.07, 6.45) is 2.92. The summed E-state index contributed by atoms with van der Waals surface area (Å²) in [5.74, 6) is -0.459. The van der Waals surface area contributed by atoms with Crippen LogP contribution in [0.1, 0.15) is 54.9 Å². The fraction of sp³-hybridized carbons (Fsp3) is 0.429. The Bertz CT molecular complexity index is 781. The van der Waals surface area contributed by atoms with Crippen molar-refractivity contribution in [3.8, 4) is 0 Å². The van der Waals surface area contributed by atoms with Gasteiger partial charge in [0.15, 0.2) is 0 Å². The molecule has 1 atom stereocenters. The van der Waals surface area contributed by atoms with Crippen molar-refractivity contribution in [1.29, 1.82) is 5.41 Å². The highest BCUT2D eigenvalue weighted by molar-refractivity contribution is 6.05. The van der Waals surface area contributed by atoms with Crippen molar-refractivity contribution in [2.24, 2.45) is 0 Å². The van der Waals surface area contributed by atoms with Crippen LogP contribution in [0.5, 0.6) is 0 Å². The Balaban J connectivity index is 1.96. The van der Waals surface area contributed by atoms with Gasteiger partial charge in [-0.25, -0.2) is 0 Å². The van der Waals surface area contributed by atoms with Crippen LogP contribution in [0.3, 0.4) is 0 Å². The van der Waals surface area contributed by atoms with E-state index in [1.807, 2.05) is 24.3 Å². The molecule has 1 fully saturated rings. The number of likely N-dealkylation sites (N-methyl/N-ethyl adjacent to an activating group) is 1. The van der Waals surface area contributed by atoms with Crippen LogP contribution in [0, 0.1) is 5.41 Å². The number of hydrogen-bond donors (Lipinski definition) is 4. The van der Waals surface area contributed by atoms with E-state index in [4.69, 9.17) is 5.41 Å². The first-order valence-corrected chi connectivity index (χ1v) is 9.47. The Morgan fingerprint density at radius 2 is 1.89 bits per heavy atom. The lowest BCUT2D eigenvalue weighted by atomic mass is 9.88. The molecular weight excluding hydrogens is 356 g/mol. The van der Waals surface area contributed by atoms with Crippen LogP contribution in [0.2, 0.25) is 0 Å². The van der Waals surface area contributed by atoms with Gasteiger partial charge in [0.1, 0.15) is 0 Å². The van der Waals surface area contributed by atoms with Crippen molar-refractivity contribution < 1.29 is 14.4 Å². The van der Waals surface area contributed by atoms with Crippen molar-refractivity contribution in [3.05, 3.63) is 47.0 Å². The van der Waals surface area contributed by atoms with Gasteiger partial charge in [0.2, 0.25) is 11.8 Å². The van der Waals surface area contributed by atoms with E-state index in [0.717, 1.165) is 0 Å². The van der Waals surface area contributed by atoms with Crippen molar-refractivity contribution in [2.75, 3.05) is 13.6 Å². The van der Waals surface area contributed by atoms with Gasteiger partial charge in [0.05, 0.1) is 6.54 Å². The molecule has 1 unspecified atom stereocenters. The molecule has 2 rings (SSSR count). The Kier molecular flexibility index (Phi) is 7.49. The van der Waals surface area contributed by atoms with E-state index >= 15 is 0 Å². The van der Waals surface area contributed by atoms with Gasteiger partial charge in [0, 0.05) is 30.4 Å². The van der Waals surface area contributed by atoms with Crippen molar-refractivity contribution in [1.82, 2.24) is 16.0 Å². The Labute approximate surface area is 165 Å². The molecule has 0 radical (unpaired) electrons. The molecule has 150 valence electrons. The summed E-state index contributed by atoms with van der Waals surface area (Å²) >= 11 is 0. The Morgan fingerprint density at radius 1 is 1.21 bits per heavy atom. The molecule has 1 aromatic carbocycles. The number of rotatable bonds is 6. The van der Waals surface area contributed by atoms with E-state index in [0.29, 0.717) is 42.0 Å². The molecule has 1 aliphatic rings. The quantitative estimate of drug-likeness (QED) is 0.562. The average molecular weight is 384 g/mol. The average Bonchev–Trinajstić information content (AvgIpc) is 2.68. The first kappa shape index (κ1) is 21.3. The molecule has 1 saturated carbocycles. The molecule has 0 bridgehead atoms. The van der Waals surface area contributed by atoms with Gasteiger partial charge in [-0.2, -0.15) is 0 Å². The fourth-order valence-electron chi connectivity index (χ4n) is 2.99. The van der Waals surface area contributed by atoms with E-state index in [1.165, 1.54) is 18.7 Å². The molecule has 0 spiro atoms. The first-order chi connectivity index (χ1) is 13.3. The third-order valence-electron chi connectivity index (χ3n) is 4.78. The van der Waals surface area contributed by atoms with Crippen LogP contribution in [0.4, 0.5) is 0 Å². The highest BCUT2D eigenvalue weighted by Gasteiger charge is 2.23. The predicted molar refractivity (Wildman–Crippen MR) is 109 cm³/mol. The lowest BCUT2D eigenvalue weighted by Crippen LogP contribution is -2.39. The molecule has 3 amide bonds. The van der Waals surface area contributed by atoms with Gasteiger partial charge in [-0.3, -0.25) is 14.4 Å². The van der Waals surface area contributed by atoms with Gasteiger partial charge >= 0.3 is 0 Å². The number of hydrogen-bond acceptors (Lipinski definition) is 4. The Hall–Kier alpha value is -2.96. The van der Waals surface area contributed by atoms with Gasteiger partial charge in [-0.05, 0) is 48.4 Å². The second-order valence-electron chi connectivity index (χ2n) is 7.23. The summed E-state index contributed by atoms with van der Waals surface area (Å²) in [4.78, 5) is 35.7. The summed E-state index contributed by atoms with van der Waals surface area (Å²) in [5, 5.41) is 16.0. The van der Waals surface area contributed by atoms with E-state index < -0.39 is 5.91 Å². The monoisotopic (exact) mass is 384 g/mol. The van der Waals surface area contributed by atoms with Crippen molar-refractivity contribution in [2.45, 2.75) is 45.1 Å². The van der Waals surface area contributed by atoms with Crippen LogP contribution >= 0.6 is 0 Å². The van der Waals surface area contributed by atoms with Crippen molar-refractivity contribution >= 4 is 23.4 Å². The maximum atomic E-state index is 12.5. The maximum Gasteiger partial charge on any atom is 0.251 e. The zero-order valence-electron chi connectivity index (χ0n) is 16.6. The second kappa shape index (κ2) is 9.82. The number of benzene rings is 1. The van der Waals surface area contributed by atoms with Crippen LogP contribution in [-0.2, 0) is 9.59 Å². The molecule has 1 aromatic rings. The Morgan fingerprint density at radius 3 is 2.50 bits per heavy atom. The third kappa shape index (κ3) is 6.04. The van der Waals surface area contributed by atoms with Crippen LogP contribution in [-0.4, -0.2) is 43.1 Å². The third-order valence-corrected chi connectivity index (χ3v) is 4.78. The summed E-state index contributed by atoms with van der Waals surface area (Å²) in [6.45, 7) is 4.09. The SMILES string of the molecule is CNC(=O)CNC(=O)/C=C1/CC(NC(=O)c2ccc(C(C)C)cc2)CCC1=N. The second-order valence-corrected chi connectivity index (χ2v) is 7.23. The van der Waals surface area contributed by atoms with Crippen molar-refractivity contribution in [3.63, 3.8) is 0 Å². The number of carbonyl (C=O) groups excluding carboxylic acids is 3. The molecule has 0 aromatic heterocycles. The standard InChI is InChI=1S/C21H28N4O3/c1-13(2)14-4-6-15(7-5-14)21(28)25-17-8-9-18(22)16(10-17)11-19(26)24-12-20(27)23-3/h4-7,11,13,17,22H,8-10,12H2,1-3H3,(H,23,27)(H,24,26)(H,25,28)/b16-11-,22-18?. The van der Waals surface area contributed by atoms with Gasteiger partial charge < -0.3 is 21.4 Å². The fourth-order valence-corrected chi connectivity index (χ4v) is 2.99. The minimum Gasteiger partial charge on any atom is -0.358 e. The van der Waals surface area contributed by atoms with Crippen LogP contribution in [0.25, 0.3) is 0 Å². The lowest BCUT2D eigenvalue weighted by molar-refractivity contribution is -0.123. The van der Waals surface area contributed by atoms with E-state index in [2.05, 4.69) is 29.8 Å². The van der Waals surface area contributed by atoms with E-state index in [-0.39, 0.29) is 24.4 Å². The molecular formula is C21H28N4O3. The minimum absolute atomic E-state index is 0.112. The van der Waals surface area contributed by atoms with E-state index in [1.54, 1.807) is 0 Å². The lowest BCUT2D eigenvalue weighted by Gasteiger charge is -2.26. The predicted octanol–water partition coefficient (Wildman–Crippen LogP) is 1.90. The normalized spacial score (nSPS) is 18.1. The number of nitrogens with one attached hydrogen (secondary N) is 4. The first-order valence-electron chi connectivity index (χ1n) is 9.47. The van der Waals surface area contributed by atoms with E-state index in [9.17, 15) is 14.4 Å². The van der Waals surface area contributed by atoms with Crippen LogP contribution in [0.15, 0.2) is 35.9 Å². The smallest absolute Gasteiger partial charge is 0.251 e. The summed E-state index contributed by atoms with van der Waals surface area (Å²) in [5.41, 5.74) is 2.75. The largest absolute Gasteiger partial charge is 0.358 e. The summed E-state index contributed by atoms with van der Waals surface area (Å²) in [7, 11) is 1.49. The summed E-state index contributed by atoms with van der Waals surface area (Å²) in [6, 6.07) is 7.41. The van der Waals surface area contributed by atoms with Gasteiger partial charge in [-0.15, -0.1) is 0 Å². The zero-order chi connectivity index (χ0) is 20.7. The molecule has 1 aliphatic carbocycles. The topological polar surface area (TPSA) is 111 Å². The molecule has 0 saturated heterocycles. The highest BCUT2D eigenvalue weighted by atomic mass is 16.2. The number of carbonyl (C=O) groups is 3. The molecule has 7 heteroatoms. The molecule has 28 heavy (non-hydrogen) atoms. The van der Waals surface area contributed by atoms with Gasteiger partial charge in [-0.1, -0.05) is 26.0 Å². The maximum absolute atomic E-state index is 12.5. The molecule has 7 nitrogen and oxygen atoms in total. The molecule has 0 aliphatic heterocycles. The molecule has 0 heterocycles. The molecule has 4 N–H and O–H groups in total. The van der Waals surface area contributed by atoms with Gasteiger partial charge in [0.25, 0.3) is 5.91 Å².